The average Bonchev–Trinajstić information content (AvgIpc) is 2.80. The maximum atomic E-state index is 10.6. The van der Waals surface area contributed by atoms with Crippen LogP contribution in [-0.4, -0.2) is 16.8 Å². The van der Waals surface area contributed by atoms with E-state index in [0.717, 1.165) is 12.1 Å². The molecule has 0 aliphatic carbocycles. The van der Waals surface area contributed by atoms with Gasteiger partial charge in [0.2, 0.25) is 0 Å². The highest BCUT2D eigenvalue weighted by molar-refractivity contribution is 6.09. The van der Waals surface area contributed by atoms with E-state index in [9.17, 15) is 4.79 Å². The van der Waals surface area contributed by atoms with Crippen molar-refractivity contribution in [2.75, 3.05) is 0 Å². The van der Waals surface area contributed by atoms with E-state index in [0.29, 0.717) is 0 Å². The molecule has 0 unspecified atom stereocenters. The van der Waals surface area contributed by atoms with Crippen LogP contribution in [0.25, 0.3) is 21.8 Å². The lowest BCUT2D eigenvalue weighted by Gasteiger charge is -2.02. The summed E-state index contributed by atoms with van der Waals surface area (Å²) in [5.41, 5.74) is 10.5. The van der Waals surface area contributed by atoms with Crippen molar-refractivity contribution in [1.82, 2.24) is 9.99 Å². The number of rotatable bonds is 3. The largest absolute Gasteiger partial charge is 0.350 e. The minimum atomic E-state index is -0.671. The van der Waals surface area contributed by atoms with Gasteiger partial charge < -0.3 is 10.3 Å². The molecule has 0 aliphatic rings. The number of nitrogens with zero attached hydrogens (tertiary/aromatic N) is 2. The molecule has 0 bridgehead atoms. The summed E-state index contributed by atoms with van der Waals surface area (Å²) in [4.78, 5) is 10.6. The molecular weight excluding hydrogens is 264 g/mol. The quantitative estimate of drug-likeness (QED) is 0.562. The van der Waals surface area contributed by atoms with Crippen LogP contribution in [0.5, 0.6) is 0 Å². The molecule has 3 N–H and O–H groups in total. The van der Waals surface area contributed by atoms with Gasteiger partial charge in [0.1, 0.15) is 0 Å². The SMILES string of the molecule is CCn1c2ccccc2c2cc(/C=N/NC(N)=O)ccc21. The van der Waals surface area contributed by atoms with Crippen LogP contribution in [0.1, 0.15) is 12.5 Å². The number of carbonyl (C=O) groups excluding carboxylic acids is 1. The Hall–Kier alpha value is -2.82. The molecule has 0 atom stereocenters. The van der Waals surface area contributed by atoms with Crippen molar-refractivity contribution in [3.05, 3.63) is 48.0 Å². The van der Waals surface area contributed by atoms with Crippen LogP contribution in [-0.2, 0) is 6.54 Å². The summed E-state index contributed by atoms with van der Waals surface area (Å²) in [7, 11) is 0. The summed E-state index contributed by atoms with van der Waals surface area (Å²) in [6.45, 7) is 3.05. The average molecular weight is 280 g/mol. The van der Waals surface area contributed by atoms with Crippen LogP contribution in [0.4, 0.5) is 4.79 Å². The lowest BCUT2D eigenvalue weighted by atomic mass is 10.1. The number of amides is 2. The Balaban J connectivity index is 2.15. The van der Waals surface area contributed by atoms with E-state index in [1.165, 1.54) is 21.8 Å². The number of primary amides is 1. The first-order valence-corrected chi connectivity index (χ1v) is 6.80. The number of hydrogen-bond donors (Lipinski definition) is 2. The second kappa shape index (κ2) is 5.28. The molecule has 0 saturated heterocycles. The summed E-state index contributed by atoms with van der Waals surface area (Å²) in [6, 6.07) is 13.8. The number of aryl methyl sites for hydroxylation is 1. The smallest absolute Gasteiger partial charge is 0.332 e. The summed E-state index contributed by atoms with van der Waals surface area (Å²) >= 11 is 0. The Morgan fingerprint density at radius 2 is 2.00 bits per heavy atom. The fraction of sp³-hybridized carbons (Fsp3) is 0.125. The Bertz CT molecular complexity index is 848. The first kappa shape index (κ1) is 13.2. The molecule has 2 aromatic carbocycles. The topological polar surface area (TPSA) is 72.4 Å². The minimum Gasteiger partial charge on any atom is -0.350 e. The van der Waals surface area contributed by atoms with Crippen molar-refractivity contribution >= 4 is 34.1 Å². The predicted octanol–water partition coefficient (Wildman–Crippen LogP) is 2.82. The van der Waals surface area contributed by atoms with Gasteiger partial charge in [-0.3, -0.25) is 0 Å². The van der Waals surface area contributed by atoms with E-state index in [-0.39, 0.29) is 0 Å². The molecule has 0 spiro atoms. The van der Waals surface area contributed by atoms with Crippen LogP contribution in [0, 0.1) is 0 Å². The minimum absolute atomic E-state index is 0.671. The molecule has 3 rings (SSSR count). The van der Waals surface area contributed by atoms with Crippen molar-refractivity contribution in [3.8, 4) is 0 Å². The molecule has 0 fully saturated rings. The maximum Gasteiger partial charge on any atom is 0.332 e. The predicted molar refractivity (Wildman–Crippen MR) is 85.4 cm³/mol. The van der Waals surface area contributed by atoms with Crippen LogP contribution in [0.2, 0.25) is 0 Å². The van der Waals surface area contributed by atoms with Gasteiger partial charge in [0.15, 0.2) is 0 Å². The van der Waals surface area contributed by atoms with Crippen LogP contribution < -0.4 is 11.2 Å². The zero-order chi connectivity index (χ0) is 14.8. The normalized spacial score (nSPS) is 11.5. The highest BCUT2D eigenvalue weighted by Gasteiger charge is 2.08. The Morgan fingerprint density at radius 1 is 1.24 bits per heavy atom. The Morgan fingerprint density at radius 3 is 2.76 bits per heavy atom. The Kier molecular flexibility index (Phi) is 3.31. The van der Waals surface area contributed by atoms with Gasteiger partial charge in [-0.2, -0.15) is 5.10 Å². The lowest BCUT2D eigenvalue weighted by Crippen LogP contribution is -2.24. The van der Waals surface area contributed by atoms with Crippen molar-refractivity contribution in [2.24, 2.45) is 10.8 Å². The number of nitrogens with two attached hydrogens (primary N) is 1. The van der Waals surface area contributed by atoms with Gasteiger partial charge >= 0.3 is 6.03 Å². The highest BCUT2D eigenvalue weighted by atomic mass is 16.2. The summed E-state index contributed by atoms with van der Waals surface area (Å²) < 4.78 is 2.28. The number of benzene rings is 2. The third-order valence-corrected chi connectivity index (χ3v) is 3.50. The van der Waals surface area contributed by atoms with Gasteiger partial charge in [-0.15, -0.1) is 0 Å². The molecule has 0 saturated carbocycles. The fourth-order valence-corrected chi connectivity index (χ4v) is 2.66. The van der Waals surface area contributed by atoms with Gasteiger partial charge in [-0.1, -0.05) is 24.3 Å². The molecule has 0 aliphatic heterocycles. The molecule has 5 heteroatoms. The summed E-state index contributed by atoms with van der Waals surface area (Å²) in [5.74, 6) is 0. The summed E-state index contributed by atoms with van der Waals surface area (Å²) in [6.07, 6.45) is 1.59. The number of fused-ring (bicyclic) bond motifs is 3. The van der Waals surface area contributed by atoms with Gasteiger partial charge in [0.25, 0.3) is 0 Å². The lowest BCUT2D eigenvalue weighted by molar-refractivity contribution is 0.249. The van der Waals surface area contributed by atoms with Gasteiger partial charge in [-0.25, -0.2) is 10.2 Å². The van der Waals surface area contributed by atoms with E-state index in [1.54, 1.807) is 6.21 Å². The highest BCUT2D eigenvalue weighted by Crippen LogP contribution is 2.29. The van der Waals surface area contributed by atoms with Crippen molar-refractivity contribution in [1.29, 1.82) is 0 Å². The molecule has 1 aromatic heterocycles. The standard InChI is InChI=1S/C16H16N4O/c1-2-20-14-6-4-3-5-12(14)13-9-11(7-8-15(13)20)10-18-19-16(17)21/h3-10H,2H2,1H3,(H3,17,19,21)/b18-10+. The number of hydrogen-bond acceptors (Lipinski definition) is 2. The molecule has 3 aromatic rings. The monoisotopic (exact) mass is 280 g/mol. The Labute approximate surface area is 122 Å². The number of aromatic nitrogens is 1. The molecule has 0 radical (unpaired) electrons. The molecular formula is C16H16N4O. The fourth-order valence-electron chi connectivity index (χ4n) is 2.66. The second-order valence-corrected chi connectivity index (χ2v) is 4.77. The van der Waals surface area contributed by atoms with Gasteiger partial charge in [0.05, 0.1) is 6.21 Å². The van der Waals surface area contributed by atoms with Crippen molar-refractivity contribution in [3.63, 3.8) is 0 Å². The van der Waals surface area contributed by atoms with Crippen LogP contribution >= 0.6 is 0 Å². The molecule has 106 valence electrons. The molecule has 1 heterocycles. The van der Waals surface area contributed by atoms with Gasteiger partial charge in [-0.05, 0) is 30.7 Å². The molecule has 2 amide bonds. The molecule has 21 heavy (non-hydrogen) atoms. The number of carbonyl (C=O) groups is 1. The second-order valence-electron chi connectivity index (χ2n) is 4.77. The number of para-hydroxylation sites is 1. The maximum absolute atomic E-state index is 10.6. The van der Waals surface area contributed by atoms with Crippen LogP contribution in [0.3, 0.4) is 0 Å². The van der Waals surface area contributed by atoms with Crippen molar-refractivity contribution < 1.29 is 4.79 Å². The van der Waals surface area contributed by atoms with Gasteiger partial charge in [0, 0.05) is 28.4 Å². The van der Waals surface area contributed by atoms with Crippen LogP contribution in [0.15, 0.2) is 47.6 Å². The van der Waals surface area contributed by atoms with E-state index in [4.69, 9.17) is 5.73 Å². The third-order valence-electron chi connectivity index (χ3n) is 3.50. The first-order chi connectivity index (χ1) is 10.2. The zero-order valence-corrected chi connectivity index (χ0v) is 11.7. The summed E-state index contributed by atoms with van der Waals surface area (Å²) in [5, 5.41) is 6.19. The van der Waals surface area contributed by atoms with E-state index in [1.807, 2.05) is 18.2 Å². The van der Waals surface area contributed by atoms with Crippen molar-refractivity contribution in [2.45, 2.75) is 13.5 Å². The number of urea groups is 1. The first-order valence-electron chi connectivity index (χ1n) is 6.80. The third kappa shape index (κ3) is 2.33. The van der Waals surface area contributed by atoms with E-state index >= 15 is 0 Å². The molecule has 5 nitrogen and oxygen atoms in total. The number of hydrazone groups is 1. The zero-order valence-electron chi connectivity index (χ0n) is 11.7. The number of nitrogens with one attached hydrogen (secondary N) is 1. The van der Waals surface area contributed by atoms with E-state index in [2.05, 4.69) is 46.3 Å². The van der Waals surface area contributed by atoms with E-state index < -0.39 is 6.03 Å².